The van der Waals surface area contributed by atoms with Gasteiger partial charge in [0.2, 0.25) is 0 Å². The van der Waals surface area contributed by atoms with Crippen LogP contribution in [0.25, 0.3) is 0 Å². The SMILES string of the molecule is N#Cc1c(Cl)cccc1NC1CCCCCC1. The van der Waals surface area contributed by atoms with Gasteiger partial charge in [0.25, 0.3) is 0 Å². The minimum atomic E-state index is 0.489. The van der Waals surface area contributed by atoms with Crippen LogP contribution in [0, 0.1) is 11.3 Å². The molecule has 3 heteroatoms. The van der Waals surface area contributed by atoms with Crippen molar-refractivity contribution in [2.24, 2.45) is 0 Å². The molecule has 0 unspecified atom stereocenters. The van der Waals surface area contributed by atoms with Crippen molar-refractivity contribution in [2.75, 3.05) is 5.32 Å². The van der Waals surface area contributed by atoms with Crippen LogP contribution in [0.2, 0.25) is 5.02 Å². The highest BCUT2D eigenvalue weighted by atomic mass is 35.5. The number of benzene rings is 1. The van der Waals surface area contributed by atoms with Crippen LogP contribution in [0.1, 0.15) is 44.1 Å². The molecule has 1 aliphatic carbocycles. The first kappa shape index (κ1) is 12.3. The molecular formula is C14H17ClN2. The van der Waals surface area contributed by atoms with Gasteiger partial charge in [0, 0.05) is 6.04 Å². The Balaban J connectivity index is 2.12. The molecule has 1 aromatic carbocycles. The number of anilines is 1. The van der Waals surface area contributed by atoms with E-state index in [1.54, 1.807) is 6.07 Å². The van der Waals surface area contributed by atoms with Gasteiger partial charge in [-0.25, -0.2) is 0 Å². The lowest BCUT2D eigenvalue weighted by Gasteiger charge is -2.18. The van der Waals surface area contributed by atoms with E-state index < -0.39 is 0 Å². The first-order chi connectivity index (χ1) is 8.31. The summed E-state index contributed by atoms with van der Waals surface area (Å²) >= 11 is 6.02. The second-order valence-corrected chi connectivity index (χ2v) is 5.01. The third kappa shape index (κ3) is 3.14. The Bertz CT molecular complexity index is 415. The summed E-state index contributed by atoms with van der Waals surface area (Å²) in [6.07, 6.45) is 7.60. The summed E-state index contributed by atoms with van der Waals surface area (Å²) in [6, 6.07) is 8.26. The molecule has 0 bridgehead atoms. The van der Waals surface area contributed by atoms with E-state index in [9.17, 15) is 0 Å². The molecule has 2 nitrogen and oxygen atoms in total. The number of hydrogen-bond acceptors (Lipinski definition) is 2. The minimum absolute atomic E-state index is 0.489. The van der Waals surface area contributed by atoms with Gasteiger partial charge in [-0.1, -0.05) is 43.4 Å². The van der Waals surface area contributed by atoms with Crippen molar-refractivity contribution in [3.63, 3.8) is 0 Å². The Morgan fingerprint density at radius 3 is 2.53 bits per heavy atom. The smallest absolute Gasteiger partial charge is 0.103 e. The molecule has 1 N–H and O–H groups in total. The van der Waals surface area contributed by atoms with Gasteiger partial charge in [-0.05, 0) is 25.0 Å². The van der Waals surface area contributed by atoms with Gasteiger partial charge < -0.3 is 5.32 Å². The highest BCUT2D eigenvalue weighted by molar-refractivity contribution is 6.32. The molecule has 0 atom stereocenters. The fraction of sp³-hybridized carbons (Fsp3) is 0.500. The lowest BCUT2D eigenvalue weighted by atomic mass is 10.1. The zero-order valence-electron chi connectivity index (χ0n) is 9.88. The van der Waals surface area contributed by atoms with Crippen molar-refractivity contribution in [1.29, 1.82) is 5.26 Å². The van der Waals surface area contributed by atoms with Crippen LogP contribution < -0.4 is 5.32 Å². The van der Waals surface area contributed by atoms with E-state index in [4.69, 9.17) is 16.9 Å². The topological polar surface area (TPSA) is 35.8 Å². The Morgan fingerprint density at radius 1 is 1.18 bits per heavy atom. The monoisotopic (exact) mass is 248 g/mol. The van der Waals surface area contributed by atoms with Crippen molar-refractivity contribution < 1.29 is 0 Å². The summed E-state index contributed by atoms with van der Waals surface area (Å²) in [5.74, 6) is 0. The molecule has 17 heavy (non-hydrogen) atoms. The average Bonchev–Trinajstić information content (AvgIpc) is 2.58. The van der Waals surface area contributed by atoms with Crippen LogP contribution in [0.3, 0.4) is 0 Å². The number of nitrogens with one attached hydrogen (secondary N) is 1. The van der Waals surface area contributed by atoms with Crippen molar-refractivity contribution in [1.82, 2.24) is 0 Å². The van der Waals surface area contributed by atoms with Gasteiger partial charge in [0.15, 0.2) is 0 Å². The Hall–Kier alpha value is -1.20. The van der Waals surface area contributed by atoms with E-state index in [1.165, 1.54) is 38.5 Å². The normalized spacial score (nSPS) is 17.2. The zero-order valence-corrected chi connectivity index (χ0v) is 10.6. The van der Waals surface area contributed by atoms with Gasteiger partial charge in [-0.2, -0.15) is 5.26 Å². The van der Waals surface area contributed by atoms with Crippen LogP contribution >= 0.6 is 11.6 Å². The summed E-state index contributed by atoms with van der Waals surface area (Å²) in [6.45, 7) is 0. The molecule has 1 saturated carbocycles. The minimum Gasteiger partial charge on any atom is -0.381 e. The van der Waals surface area contributed by atoms with Gasteiger partial charge in [0.1, 0.15) is 6.07 Å². The van der Waals surface area contributed by atoms with Gasteiger partial charge >= 0.3 is 0 Å². The number of nitrogens with zero attached hydrogens (tertiary/aromatic N) is 1. The van der Waals surface area contributed by atoms with Crippen molar-refractivity contribution in [2.45, 2.75) is 44.6 Å². The van der Waals surface area contributed by atoms with Gasteiger partial charge in [0.05, 0.1) is 16.3 Å². The predicted octanol–water partition coefficient (Wildman–Crippen LogP) is 4.35. The van der Waals surface area contributed by atoms with E-state index in [2.05, 4.69) is 11.4 Å². The Kier molecular flexibility index (Phi) is 4.28. The maximum Gasteiger partial charge on any atom is 0.103 e. The van der Waals surface area contributed by atoms with Crippen LogP contribution in [-0.2, 0) is 0 Å². The molecule has 0 saturated heterocycles. The van der Waals surface area contributed by atoms with E-state index in [1.807, 2.05) is 12.1 Å². The molecule has 1 fully saturated rings. The molecule has 0 spiro atoms. The predicted molar refractivity (Wildman–Crippen MR) is 71.3 cm³/mol. The molecule has 0 amide bonds. The number of hydrogen-bond donors (Lipinski definition) is 1. The second kappa shape index (κ2) is 5.93. The van der Waals surface area contributed by atoms with Crippen molar-refractivity contribution in [3.8, 4) is 6.07 Å². The third-order valence-corrected chi connectivity index (χ3v) is 3.66. The molecule has 0 aliphatic heterocycles. The molecule has 0 aromatic heterocycles. The van der Waals surface area contributed by atoms with Crippen molar-refractivity contribution in [3.05, 3.63) is 28.8 Å². The Labute approximate surface area is 108 Å². The third-order valence-electron chi connectivity index (χ3n) is 3.34. The molecule has 90 valence electrons. The molecule has 2 rings (SSSR count). The highest BCUT2D eigenvalue weighted by Gasteiger charge is 2.14. The summed E-state index contributed by atoms with van der Waals surface area (Å²) in [7, 11) is 0. The van der Waals surface area contributed by atoms with Crippen LogP contribution in [0.4, 0.5) is 5.69 Å². The van der Waals surface area contributed by atoms with Crippen LogP contribution in [-0.4, -0.2) is 6.04 Å². The second-order valence-electron chi connectivity index (χ2n) is 4.61. The lowest BCUT2D eigenvalue weighted by molar-refractivity contribution is 0.620. The Morgan fingerprint density at radius 2 is 1.88 bits per heavy atom. The molecule has 0 radical (unpaired) electrons. The fourth-order valence-corrected chi connectivity index (χ4v) is 2.62. The number of halogens is 1. The van der Waals surface area contributed by atoms with E-state index in [0.29, 0.717) is 16.6 Å². The summed E-state index contributed by atoms with van der Waals surface area (Å²) in [4.78, 5) is 0. The standard InChI is InChI=1S/C14H17ClN2/c15-13-8-5-9-14(12(13)10-16)17-11-6-3-1-2-4-7-11/h5,8-9,11,17H,1-4,6-7H2. The summed E-state index contributed by atoms with van der Waals surface area (Å²) in [5, 5.41) is 13.1. The zero-order chi connectivity index (χ0) is 12.1. The van der Waals surface area contributed by atoms with E-state index in [-0.39, 0.29) is 0 Å². The average molecular weight is 249 g/mol. The maximum atomic E-state index is 9.11. The molecule has 1 aliphatic rings. The van der Waals surface area contributed by atoms with E-state index >= 15 is 0 Å². The van der Waals surface area contributed by atoms with Crippen LogP contribution in [0.15, 0.2) is 18.2 Å². The first-order valence-electron chi connectivity index (χ1n) is 6.26. The number of nitriles is 1. The first-order valence-corrected chi connectivity index (χ1v) is 6.64. The largest absolute Gasteiger partial charge is 0.381 e. The highest BCUT2D eigenvalue weighted by Crippen LogP contribution is 2.26. The molecule has 0 heterocycles. The molecular weight excluding hydrogens is 232 g/mol. The van der Waals surface area contributed by atoms with E-state index in [0.717, 1.165) is 5.69 Å². The van der Waals surface area contributed by atoms with Crippen LogP contribution in [0.5, 0.6) is 0 Å². The number of rotatable bonds is 2. The summed E-state index contributed by atoms with van der Waals surface area (Å²) < 4.78 is 0. The fourth-order valence-electron chi connectivity index (χ4n) is 2.40. The van der Waals surface area contributed by atoms with Gasteiger partial charge in [-0.3, -0.25) is 0 Å². The quantitative estimate of drug-likeness (QED) is 0.790. The maximum absolute atomic E-state index is 9.11. The van der Waals surface area contributed by atoms with Crippen molar-refractivity contribution >= 4 is 17.3 Å². The summed E-state index contributed by atoms with van der Waals surface area (Å²) in [5.41, 5.74) is 1.45. The lowest BCUT2D eigenvalue weighted by Crippen LogP contribution is -2.18. The van der Waals surface area contributed by atoms with Gasteiger partial charge in [-0.15, -0.1) is 0 Å². The molecule has 1 aromatic rings.